The van der Waals surface area contributed by atoms with E-state index >= 15 is 0 Å². The van der Waals surface area contributed by atoms with Gasteiger partial charge in [0.1, 0.15) is 0 Å². The molecule has 1 aromatic heterocycles. The van der Waals surface area contributed by atoms with Crippen molar-refractivity contribution >= 4 is 51.4 Å². The average Bonchev–Trinajstić information content (AvgIpc) is 2.50. The van der Waals surface area contributed by atoms with Crippen LogP contribution in [0.25, 0.3) is 11.0 Å². The molecule has 0 bridgehead atoms. The number of fused-ring (bicyclic) bond motifs is 1. The minimum atomic E-state index is -0.505. The number of nitrogens with zero attached hydrogens (tertiary/aromatic N) is 3. The molecule has 0 unspecified atom stereocenters. The summed E-state index contributed by atoms with van der Waals surface area (Å²) in [5.41, 5.74) is 1.55. The van der Waals surface area contributed by atoms with Crippen LogP contribution in [0.2, 0.25) is 10.2 Å². The zero-order chi connectivity index (χ0) is 15.7. The van der Waals surface area contributed by atoms with Crippen molar-refractivity contribution in [2.45, 2.75) is 0 Å². The van der Waals surface area contributed by atoms with Crippen LogP contribution < -0.4 is 5.32 Å². The monoisotopic (exact) mass is 334 g/mol. The van der Waals surface area contributed by atoms with Gasteiger partial charge < -0.3 is 5.32 Å². The summed E-state index contributed by atoms with van der Waals surface area (Å²) < 4.78 is 0. The Morgan fingerprint density at radius 2 is 1.73 bits per heavy atom. The lowest BCUT2D eigenvalue weighted by Gasteiger charge is -2.09. The number of nitro groups is 1. The van der Waals surface area contributed by atoms with Crippen LogP contribution in [0.5, 0.6) is 0 Å². The summed E-state index contributed by atoms with van der Waals surface area (Å²) in [5, 5.41) is 14.2. The van der Waals surface area contributed by atoms with Gasteiger partial charge in [-0.1, -0.05) is 35.3 Å². The van der Waals surface area contributed by atoms with Gasteiger partial charge in [-0.2, -0.15) is 0 Å². The summed E-state index contributed by atoms with van der Waals surface area (Å²) >= 11 is 12.1. The first-order valence-electron chi connectivity index (χ1n) is 6.18. The number of rotatable bonds is 3. The highest BCUT2D eigenvalue weighted by Crippen LogP contribution is 2.31. The summed E-state index contributed by atoms with van der Waals surface area (Å²) in [5.74, 6) is 0.280. The largest absolute Gasteiger partial charge is 0.336 e. The summed E-state index contributed by atoms with van der Waals surface area (Å²) in [4.78, 5) is 18.9. The number of nitro benzene ring substituents is 1. The smallest absolute Gasteiger partial charge is 0.271 e. The van der Waals surface area contributed by atoms with E-state index in [1.54, 1.807) is 12.1 Å². The second-order valence-electron chi connectivity index (χ2n) is 4.40. The number of non-ortho nitro benzene ring substituents is 1. The van der Waals surface area contributed by atoms with E-state index in [0.717, 1.165) is 0 Å². The van der Waals surface area contributed by atoms with Crippen molar-refractivity contribution in [3.05, 3.63) is 62.8 Å². The second-order valence-corrected chi connectivity index (χ2v) is 5.16. The van der Waals surface area contributed by atoms with E-state index in [2.05, 4.69) is 15.3 Å². The molecule has 22 heavy (non-hydrogen) atoms. The molecule has 1 N–H and O–H groups in total. The van der Waals surface area contributed by atoms with Gasteiger partial charge >= 0.3 is 0 Å². The summed E-state index contributed by atoms with van der Waals surface area (Å²) in [7, 11) is 0. The minimum Gasteiger partial charge on any atom is -0.336 e. The number of benzene rings is 2. The lowest BCUT2D eigenvalue weighted by atomic mass is 10.2. The van der Waals surface area contributed by atoms with Gasteiger partial charge in [-0.05, 0) is 18.2 Å². The van der Waals surface area contributed by atoms with Gasteiger partial charge in [0.25, 0.3) is 5.69 Å². The van der Waals surface area contributed by atoms with Crippen LogP contribution in [0.3, 0.4) is 0 Å². The molecule has 0 saturated carbocycles. The molecule has 0 saturated heterocycles. The summed E-state index contributed by atoms with van der Waals surface area (Å²) in [6.45, 7) is 0. The summed E-state index contributed by atoms with van der Waals surface area (Å²) in [6, 6.07) is 11.3. The number of nitrogens with one attached hydrogen (secondary N) is 1. The SMILES string of the molecule is O=[N+]([O-])c1ccc(Cl)c(Nc2nc3ccccc3nc2Cl)c1. The zero-order valence-electron chi connectivity index (χ0n) is 11.0. The van der Waals surface area contributed by atoms with Gasteiger partial charge in [0.2, 0.25) is 0 Å². The Kier molecular flexibility index (Phi) is 3.79. The van der Waals surface area contributed by atoms with Crippen LogP contribution in [-0.4, -0.2) is 14.9 Å². The highest BCUT2D eigenvalue weighted by molar-refractivity contribution is 6.34. The molecule has 0 fully saturated rings. The molecular weight excluding hydrogens is 327 g/mol. The molecule has 0 aliphatic rings. The lowest BCUT2D eigenvalue weighted by molar-refractivity contribution is -0.384. The van der Waals surface area contributed by atoms with Crippen LogP contribution in [0.4, 0.5) is 17.2 Å². The molecule has 8 heteroatoms. The fourth-order valence-electron chi connectivity index (χ4n) is 1.91. The van der Waals surface area contributed by atoms with Crippen LogP contribution in [-0.2, 0) is 0 Å². The molecule has 3 aromatic rings. The van der Waals surface area contributed by atoms with E-state index in [1.165, 1.54) is 18.2 Å². The molecule has 0 aliphatic carbocycles. The van der Waals surface area contributed by atoms with Crippen molar-refractivity contribution in [2.75, 3.05) is 5.32 Å². The molecule has 0 radical (unpaired) electrons. The van der Waals surface area contributed by atoms with E-state index in [1.807, 2.05) is 12.1 Å². The van der Waals surface area contributed by atoms with Crippen molar-refractivity contribution in [3.63, 3.8) is 0 Å². The Bertz CT molecular complexity index is 886. The predicted molar refractivity (Wildman–Crippen MR) is 85.9 cm³/mol. The van der Waals surface area contributed by atoms with Crippen LogP contribution in [0, 0.1) is 10.1 Å². The van der Waals surface area contributed by atoms with Gasteiger partial charge in [-0.15, -0.1) is 0 Å². The topological polar surface area (TPSA) is 81.0 Å². The Hall–Kier alpha value is -2.44. The predicted octanol–water partition coefficient (Wildman–Crippen LogP) is 4.59. The number of para-hydroxylation sites is 2. The normalized spacial score (nSPS) is 10.6. The Morgan fingerprint density at radius 1 is 1.05 bits per heavy atom. The maximum absolute atomic E-state index is 10.8. The molecule has 110 valence electrons. The standard InChI is InChI=1S/C14H8Cl2N4O2/c15-9-6-5-8(20(21)22)7-12(9)19-14-13(16)17-10-3-1-2-4-11(10)18-14/h1-7H,(H,18,19). The zero-order valence-corrected chi connectivity index (χ0v) is 12.5. The van der Waals surface area contributed by atoms with Gasteiger partial charge in [0.05, 0.1) is 26.7 Å². The number of halogens is 2. The molecule has 0 spiro atoms. The first-order chi connectivity index (χ1) is 10.5. The third kappa shape index (κ3) is 2.79. The highest BCUT2D eigenvalue weighted by Gasteiger charge is 2.13. The van der Waals surface area contributed by atoms with Crippen LogP contribution >= 0.6 is 23.2 Å². The van der Waals surface area contributed by atoms with Gasteiger partial charge in [-0.3, -0.25) is 10.1 Å². The molecule has 6 nitrogen and oxygen atoms in total. The van der Waals surface area contributed by atoms with Crippen molar-refractivity contribution in [2.24, 2.45) is 0 Å². The molecule has 0 atom stereocenters. The molecule has 3 rings (SSSR count). The lowest BCUT2D eigenvalue weighted by Crippen LogP contribution is -1.99. The van der Waals surface area contributed by atoms with E-state index in [9.17, 15) is 10.1 Å². The maximum atomic E-state index is 10.8. The van der Waals surface area contributed by atoms with Crippen LogP contribution in [0.1, 0.15) is 0 Å². The van der Waals surface area contributed by atoms with Gasteiger partial charge in [0.15, 0.2) is 11.0 Å². The molecule has 2 aromatic carbocycles. The minimum absolute atomic E-state index is 0.0863. The number of aromatic nitrogens is 2. The third-order valence-electron chi connectivity index (χ3n) is 2.94. The molecule has 0 aliphatic heterocycles. The van der Waals surface area contributed by atoms with Crippen molar-refractivity contribution < 1.29 is 4.92 Å². The Morgan fingerprint density at radius 3 is 2.41 bits per heavy atom. The van der Waals surface area contributed by atoms with E-state index in [0.29, 0.717) is 21.7 Å². The van der Waals surface area contributed by atoms with Crippen molar-refractivity contribution in [1.29, 1.82) is 0 Å². The van der Waals surface area contributed by atoms with Crippen molar-refractivity contribution in [3.8, 4) is 0 Å². The van der Waals surface area contributed by atoms with E-state index < -0.39 is 4.92 Å². The van der Waals surface area contributed by atoms with E-state index in [4.69, 9.17) is 23.2 Å². The van der Waals surface area contributed by atoms with E-state index in [-0.39, 0.29) is 16.7 Å². The Balaban J connectivity index is 2.04. The average molecular weight is 335 g/mol. The number of hydrogen-bond acceptors (Lipinski definition) is 5. The third-order valence-corrected chi connectivity index (χ3v) is 3.53. The first-order valence-corrected chi connectivity index (χ1v) is 6.93. The quantitative estimate of drug-likeness (QED) is 0.559. The van der Waals surface area contributed by atoms with Gasteiger partial charge in [-0.25, -0.2) is 9.97 Å². The molecule has 0 amide bonds. The second kappa shape index (κ2) is 5.75. The molecule has 1 heterocycles. The first kappa shape index (κ1) is 14.5. The number of hydrogen-bond donors (Lipinski definition) is 1. The van der Waals surface area contributed by atoms with Gasteiger partial charge in [0, 0.05) is 12.1 Å². The van der Waals surface area contributed by atoms with Crippen molar-refractivity contribution in [1.82, 2.24) is 9.97 Å². The molecular formula is C14H8Cl2N4O2. The fourth-order valence-corrected chi connectivity index (χ4v) is 2.25. The summed E-state index contributed by atoms with van der Waals surface area (Å²) in [6.07, 6.45) is 0. The Labute approximate surface area is 134 Å². The van der Waals surface area contributed by atoms with Crippen LogP contribution in [0.15, 0.2) is 42.5 Å². The maximum Gasteiger partial charge on any atom is 0.271 e. The highest BCUT2D eigenvalue weighted by atomic mass is 35.5. The number of anilines is 2. The fraction of sp³-hybridized carbons (Fsp3) is 0.